The van der Waals surface area contributed by atoms with Crippen LogP contribution in [0.4, 0.5) is 11.6 Å². The second-order valence-electron chi connectivity index (χ2n) is 6.56. The van der Waals surface area contributed by atoms with E-state index >= 15 is 0 Å². The smallest absolute Gasteiger partial charge is 0.272 e. The Morgan fingerprint density at radius 2 is 1.85 bits per heavy atom. The molecule has 2 amide bonds. The van der Waals surface area contributed by atoms with Gasteiger partial charge >= 0.3 is 0 Å². The van der Waals surface area contributed by atoms with Crippen LogP contribution in [0, 0.1) is 0 Å². The van der Waals surface area contributed by atoms with Crippen LogP contribution in [-0.4, -0.2) is 64.8 Å². The van der Waals surface area contributed by atoms with Crippen LogP contribution in [0.3, 0.4) is 0 Å². The van der Waals surface area contributed by atoms with Gasteiger partial charge in [-0.3, -0.25) is 9.59 Å². The molecule has 2 aliphatic rings. The van der Waals surface area contributed by atoms with E-state index in [-0.39, 0.29) is 5.91 Å². The van der Waals surface area contributed by atoms with E-state index in [2.05, 4.69) is 27.0 Å². The molecule has 1 aromatic heterocycles. The van der Waals surface area contributed by atoms with Crippen molar-refractivity contribution in [3.05, 3.63) is 47.8 Å². The minimum absolute atomic E-state index is 0.107. The van der Waals surface area contributed by atoms with E-state index in [1.165, 1.54) is 5.56 Å². The summed E-state index contributed by atoms with van der Waals surface area (Å²) < 4.78 is 0. The summed E-state index contributed by atoms with van der Waals surface area (Å²) >= 11 is 0. The summed E-state index contributed by atoms with van der Waals surface area (Å²) in [6.07, 6.45) is 4.56. The zero-order chi connectivity index (χ0) is 17.9. The predicted octanol–water partition coefficient (Wildman–Crippen LogP) is 1.48. The molecule has 26 heavy (non-hydrogen) atoms. The van der Waals surface area contributed by atoms with Crippen molar-refractivity contribution in [3.8, 4) is 0 Å². The molecule has 2 aliphatic heterocycles. The van der Waals surface area contributed by atoms with Crippen molar-refractivity contribution < 1.29 is 9.59 Å². The number of amides is 2. The minimum Gasteiger partial charge on any atom is -0.342 e. The van der Waals surface area contributed by atoms with Gasteiger partial charge in [0.1, 0.15) is 5.69 Å². The third-order valence-electron chi connectivity index (χ3n) is 4.96. The van der Waals surface area contributed by atoms with Crippen molar-refractivity contribution in [2.24, 2.45) is 0 Å². The number of benzene rings is 1. The largest absolute Gasteiger partial charge is 0.342 e. The van der Waals surface area contributed by atoms with Crippen LogP contribution < -0.4 is 4.90 Å². The number of aromatic nitrogens is 2. The molecule has 134 valence electrons. The maximum atomic E-state index is 12.8. The van der Waals surface area contributed by atoms with E-state index in [0.717, 1.165) is 31.5 Å². The molecular weight excluding hydrogens is 330 g/mol. The number of para-hydroxylation sites is 1. The van der Waals surface area contributed by atoms with Gasteiger partial charge in [0.2, 0.25) is 12.4 Å². The van der Waals surface area contributed by atoms with Crippen molar-refractivity contribution in [1.29, 1.82) is 0 Å². The van der Waals surface area contributed by atoms with E-state index in [1.54, 1.807) is 22.1 Å². The van der Waals surface area contributed by atoms with Gasteiger partial charge in [-0.15, -0.1) is 0 Å². The number of carbonyl (C=O) groups excluding carboxylic acids is 2. The van der Waals surface area contributed by atoms with Gasteiger partial charge in [0.05, 0.1) is 0 Å². The molecule has 0 atom stereocenters. The number of aryl methyl sites for hydroxylation is 1. The van der Waals surface area contributed by atoms with Crippen LogP contribution >= 0.6 is 0 Å². The number of fused-ring (bicyclic) bond motifs is 1. The van der Waals surface area contributed by atoms with Gasteiger partial charge in [-0.25, -0.2) is 9.97 Å². The van der Waals surface area contributed by atoms with E-state index in [4.69, 9.17) is 0 Å². The predicted molar refractivity (Wildman–Crippen MR) is 97.3 cm³/mol. The Morgan fingerprint density at radius 1 is 1.04 bits per heavy atom. The van der Waals surface area contributed by atoms with E-state index in [9.17, 15) is 9.59 Å². The molecule has 1 fully saturated rings. The number of anilines is 2. The first-order chi connectivity index (χ1) is 12.8. The highest BCUT2D eigenvalue weighted by Gasteiger charge is 2.24. The standard InChI is InChI=1S/C19H21N5O2/c25-14-22-10-12-23(13-11-22)18(26)16-7-8-20-19(21-16)24-9-3-5-15-4-1-2-6-17(15)24/h1-2,4,6-8,14H,3,5,9-13H2. The molecule has 1 saturated heterocycles. The van der Waals surface area contributed by atoms with Crippen molar-refractivity contribution >= 4 is 24.0 Å². The number of hydrogen-bond donors (Lipinski definition) is 0. The van der Waals surface area contributed by atoms with Gasteiger partial charge in [0.25, 0.3) is 5.91 Å². The summed E-state index contributed by atoms with van der Waals surface area (Å²) in [5.41, 5.74) is 2.80. The number of nitrogens with zero attached hydrogens (tertiary/aromatic N) is 5. The molecule has 3 heterocycles. The second kappa shape index (κ2) is 7.11. The molecule has 0 saturated carbocycles. The lowest BCUT2D eigenvalue weighted by Gasteiger charge is -2.32. The zero-order valence-corrected chi connectivity index (χ0v) is 14.5. The first-order valence-electron chi connectivity index (χ1n) is 8.93. The van der Waals surface area contributed by atoms with Gasteiger partial charge in [-0.05, 0) is 30.5 Å². The average Bonchev–Trinajstić information content (AvgIpc) is 2.73. The fourth-order valence-electron chi connectivity index (χ4n) is 3.53. The lowest BCUT2D eigenvalue weighted by molar-refractivity contribution is -0.119. The van der Waals surface area contributed by atoms with Crippen molar-refractivity contribution in [2.45, 2.75) is 12.8 Å². The maximum absolute atomic E-state index is 12.8. The first kappa shape index (κ1) is 16.5. The molecule has 1 aromatic carbocycles. The molecule has 0 unspecified atom stereocenters. The summed E-state index contributed by atoms with van der Waals surface area (Å²) in [5.74, 6) is 0.457. The summed E-state index contributed by atoms with van der Waals surface area (Å²) in [7, 11) is 0. The van der Waals surface area contributed by atoms with E-state index in [0.29, 0.717) is 37.8 Å². The molecule has 0 bridgehead atoms. The minimum atomic E-state index is -0.107. The van der Waals surface area contributed by atoms with Gasteiger partial charge in [-0.2, -0.15) is 0 Å². The van der Waals surface area contributed by atoms with Gasteiger partial charge in [0, 0.05) is 44.6 Å². The SMILES string of the molecule is O=CN1CCN(C(=O)c2ccnc(N3CCCc4ccccc43)n2)CC1. The van der Waals surface area contributed by atoms with Crippen molar-refractivity contribution in [1.82, 2.24) is 19.8 Å². The van der Waals surface area contributed by atoms with Crippen LogP contribution in [0.5, 0.6) is 0 Å². The van der Waals surface area contributed by atoms with Gasteiger partial charge < -0.3 is 14.7 Å². The van der Waals surface area contributed by atoms with Crippen LogP contribution in [0.2, 0.25) is 0 Å². The first-order valence-corrected chi connectivity index (χ1v) is 8.93. The normalized spacial score (nSPS) is 17.0. The van der Waals surface area contributed by atoms with E-state index in [1.807, 2.05) is 12.1 Å². The average molecular weight is 351 g/mol. The Labute approximate surface area is 152 Å². The molecule has 2 aromatic rings. The van der Waals surface area contributed by atoms with Gasteiger partial charge in [-0.1, -0.05) is 18.2 Å². The molecule has 4 rings (SSSR count). The summed E-state index contributed by atoms with van der Waals surface area (Å²) in [6.45, 7) is 3.03. The second-order valence-corrected chi connectivity index (χ2v) is 6.56. The third-order valence-corrected chi connectivity index (χ3v) is 4.96. The lowest BCUT2D eigenvalue weighted by atomic mass is 10.0. The molecule has 0 radical (unpaired) electrons. The Hall–Kier alpha value is -2.96. The molecule has 0 aliphatic carbocycles. The number of piperazine rings is 1. The summed E-state index contributed by atoms with van der Waals surface area (Å²) in [4.78, 5) is 38.1. The summed E-state index contributed by atoms with van der Waals surface area (Å²) in [5, 5.41) is 0. The number of carbonyl (C=O) groups is 2. The van der Waals surface area contributed by atoms with Gasteiger partial charge in [0.15, 0.2) is 0 Å². The van der Waals surface area contributed by atoms with Crippen LogP contribution in [0.1, 0.15) is 22.5 Å². The quantitative estimate of drug-likeness (QED) is 0.784. The Morgan fingerprint density at radius 3 is 2.65 bits per heavy atom. The molecule has 7 heteroatoms. The highest BCUT2D eigenvalue weighted by Crippen LogP contribution is 2.31. The zero-order valence-electron chi connectivity index (χ0n) is 14.5. The number of rotatable bonds is 3. The Kier molecular flexibility index (Phi) is 4.51. The van der Waals surface area contributed by atoms with Crippen LogP contribution in [0.15, 0.2) is 36.5 Å². The van der Waals surface area contributed by atoms with Crippen molar-refractivity contribution in [2.75, 3.05) is 37.6 Å². The number of hydrogen-bond acceptors (Lipinski definition) is 5. The highest BCUT2D eigenvalue weighted by atomic mass is 16.2. The Balaban J connectivity index is 1.56. The van der Waals surface area contributed by atoms with Crippen LogP contribution in [-0.2, 0) is 11.2 Å². The van der Waals surface area contributed by atoms with Crippen LogP contribution in [0.25, 0.3) is 0 Å². The molecular formula is C19H21N5O2. The monoisotopic (exact) mass is 351 g/mol. The summed E-state index contributed by atoms with van der Waals surface area (Å²) in [6, 6.07) is 9.92. The topological polar surface area (TPSA) is 69.6 Å². The Bertz CT molecular complexity index is 817. The van der Waals surface area contributed by atoms with E-state index < -0.39 is 0 Å². The maximum Gasteiger partial charge on any atom is 0.272 e. The molecule has 0 N–H and O–H groups in total. The highest BCUT2D eigenvalue weighted by molar-refractivity contribution is 5.92. The fourth-order valence-corrected chi connectivity index (χ4v) is 3.53. The third kappa shape index (κ3) is 3.12. The van der Waals surface area contributed by atoms with Crippen molar-refractivity contribution in [3.63, 3.8) is 0 Å². The lowest BCUT2D eigenvalue weighted by Crippen LogP contribution is -2.48. The molecule has 0 spiro atoms. The fraction of sp³-hybridized carbons (Fsp3) is 0.368. The molecule has 7 nitrogen and oxygen atoms in total.